The molecule has 0 spiro atoms. The summed E-state index contributed by atoms with van der Waals surface area (Å²) in [6, 6.07) is 11.2. The van der Waals surface area contributed by atoms with Gasteiger partial charge in [0.05, 0.1) is 0 Å². The monoisotopic (exact) mass is 501 g/mol. The van der Waals surface area contributed by atoms with E-state index in [9.17, 15) is 24.0 Å². The van der Waals surface area contributed by atoms with Gasteiger partial charge in [0, 0.05) is 33.3 Å². The van der Waals surface area contributed by atoms with Crippen LogP contribution in [0.5, 0.6) is 0 Å². The average Bonchev–Trinajstić information content (AvgIpc) is 2.80. The Kier molecular flexibility index (Phi) is 8.59. The summed E-state index contributed by atoms with van der Waals surface area (Å²) in [5, 5.41) is 4.42. The van der Waals surface area contributed by atoms with Gasteiger partial charge in [0.15, 0.2) is 12.2 Å². The molecule has 5 atom stereocenters. The molecular weight excluding hydrogens is 474 g/mol. The van der Waals surface area contributed by atoms with Crippen molar-refractivity contribution < 1.29 is 47.7 Å². The SMILES string of the molecule is CC(=O)OCC1OC(OC(C)=O)C(NC(=O)c2ccc3ccccc3c2)C(OC(C)=O)C1OC(C)=O. The molecule has 1 fully saturated rings. The van der Waals surface area contributed by atoms with Crippen molar-refractivity contribution in [1.29, 1.82) is 0 Å². The zero-order valence-electron chi connectivity index (χ0n) is 20.2. The number of carbonyl (C=O) groups excluding carboxylic acids is 5. The number of benzene rings is 2. The normalized spacial score (nSPS) is 23.3. The third kappa shape index (κ3) is 6.79. The zero-order valence-corrected chi connectivity index (χ0v) is 20.2. The van der Waals surface area contributed by atoms with E-state index >= 15 is 0 Å². The van der Waals surface area contributed by atoms with Crippen molar-refractivity contribution in [2.45, 2.75) is 58.3 Å². The lowest BCUT2D eigenvalue weighted by molar-refractivity contribution is -0.270. The lowest BCUT2D eigenvalue weighted by Gasteiger charge is -2.44. The molecule has 1 saturated heterocycles. The number of ether oxygens (including phenoxy) is 5. The lowest BCUT2D eigenvalue weighted by Crippen LogP contribution is -2.67. The lowest BCUT2D eigenvalue weighted by atomic mass is 9.95. The van der Waals surface area contributed by atoms with Crippen molar-refractivity contribution in [2.75, 3.05) is 6.61 Å². The topological polar surface area (TPSA) is 144 Å². The molecule has 1 aliphatic heterocycles. The molecule has 1 N–H and O–H groups in total. The standard InChI is InChI=1S/C25H27NO10/c1-13(27)32-12-20-22(33-14(2)28)23(34-15(3)29)21(25(36-20)35-16(4)30)26-24(31)19-10-9-17-7-5-6-8-18(17)11-19/h5-11,20-23,25H,12H2,1-4H3,(H,26,31). The highest BCUT2D eigenvalue weighted by Crippen LogP contribution is 2.28. The third-order valence-corrected chi connectivity index (χ3v) is 5.29. The number of carbonyl (C=O) groups is 5. The zero-order chi connectivity index (χ0) is 26.4. The molecule has 2 aromatic carbocycles. The number of hydrogen-bond acceptors (Lipinski definition) is 10. The summed E-state index contributed by atoms with van der Waals surface area (Å²) < 4.78 is 26.8. The van der Waals surface area contributed by atoms with Crippen LogP contribution in [0.1, 0.15) is 38.1 Å². The van der Waals surface area contributed by atoms with Crippen molar-refractivity contribution in [3.8, 4) is 0 Å². The van der Waals surface area contributed by atoms with Gasteiger partial charge in [0.25, 0.3) is 5.91 Å². The Morgan fingerprint density at radius 3 is 2.00 bits per heavy atom. The van der Waals surface area contributed by atoms with Crippen molar-refractivity contribution >= 4 is 40.6 Å². The van der Waals surface area contributed by atoms with Gasteiger partial charge in [-0.1, -0.05) is 30.3 Å². The van der Waals surface area contributed by atoms with Crippen LogP contribution in [0.15, 0.2) is 42.5 Å². The fourth-order valence-electron chi connectivity index (χ4n) is 3.89. The van der Waals surface area contributed by atoms with E-state index in [1.807, 2.05) is 24.3 Å². The van der Waals surface area contributed by atoms with Gasteiger partial charge < -0.3 is 29.0 Å². The Balaban J connectivity index is 1.98. The molecule has 192 valence electrons. The summed E-state index contributed by atoms with van der Waals surface area (Å²) in [6.45, 7) is 4.17. The number of fused-ring (bicyclic) bond motifs is 1. The summed E-state index contributed by atoms with van der Waals surface area (Å²) >= 11 is 0. The molecule has 0 saturated carbocycles. The van der Waals surface area contributed by atoms with Crippen LogP contribution in [0, 0.1) is 0 Å². The van der Waals surface area contributed by atoms with Crippen molar-refractivity contribution in [3.05, 3.63) is 48.0 Å². The number of nitrogens with one attached hydrogen (secondary N) is 1. The second-order valence-electron chi connectivity index (χ2n) is 8.16. The minimum atomic E-state index is -1.45. The van der Waals surface area contributed by atoms with E-state index < -0.39 is 67.0 Å². The first-order valence-electron chi connectivity index (χ1n) is 11.1. The van der Waals surface area contributed by atoms with E-state index in [4.69, 9.17) is 23.7 Å². The van der Waals surface area contributed by atoms with Crippen LogP contribution in [0.25, 0.3) is 10.8 Å². The summed E-state index contributed by atoms with van der Waals surface area (Å²) in [7, 11) is 0. The molecule has 1 heterocycles. The van der Waals surface area contributed by atoms with Gasteiger partial charge in [-0.05, 0) is 22.9 Å². The Morgan fingerprint density at radius 1 is 0.778 bits per heavy atom. The highest BCUT2D eigenvalue weighted by molar-refractivity contribution is 5.98. The van der Waals surface area contributed by atoms with E-state index in [0.717, 1.165) is 31.5 Å². The van der Waals surface area contributed by atoms with Gasteiger partial charge in [-0.15, -0.1) is 0 Å². The van der Waals surface area contributed by atoms with Crippen molar-refractivity contribution in [3.63, 3.8) is 0 Å². The van der Waals surface area contributed by atoms with Crippen LogP contribution in [0.4, 0.5) is 0 Å². The second-order valence-corrected chi connectivity index (χ2v) is 8.16. The van der Waals surface area contributed by atoms with Crippen LogP contribution < -0.4 is 5.32 Å². The fourth-order valence-corrected chi connectivity index (χ4v) is 3.89. The largest absolute Gasteiger partial charge is 0.463 e. The number of esters is 4. The first-order valence-corrected chi connectivity index (χ1v) is 11.1. The van der Waals surface area contributed by atoms with Crippen molar-refractivity contribution in [2.24, 2.45) is 0 Å². The molecule has 0 aliphatic carbocycles. The van der Waals surface area contributed by atoms with Crippen LogP contribution in [0.2, 0.25) is 0 Å². The third-order valence-electron chi connectivity index (χ3n) is 5.29. The van der Waals surface area contributed by atoms with Crippen LogP contribution in [-0.4, -0.2) is 67.0 Å². The summed E-state index contributed by atoms with van der Waals surface area (Å²) in [5.74, 6) is -3.46. The molecule has 11 nitrogen and oxygen atoms in total. The Labute approximate surface area is 207 Å². The quantitative estimate of drug-likeness (QED) is 0.439. The predicted molar refractivity (Wildman–Crippen MR) is 123 cm³/mol. The molecule has 11 heteroatoms. The maximum absolute atomic E-state index is 13.2. The van der Waals surface area contributed by atoms with E-state index in [1.165, 1.54) is 6.92 Å². The molecule has 1 amide bonds. The van der Waals surface area contributed by atoms with Gasteiger partial charge in [-0.3, -0.25) is 24.0 Å². The fraction of sp³-hybridized carbons (Fsp3) is 0.400. The summed E-state index contributed by atoms with van der Waals surface area (Å²) in [5.41, 5.74) is 0.280. The van der Waals surface area contributed by atoms with Crippen LogP contribution >= 0.6 is 0 Å². The Morgan fingerprint density at radius 2 is 1.39 bits per heavy atom. The Bertz CT molecular complexity index is 1160. The van der Waals surface area contributed by atoms with E-state index in [0.29, 0.717) is 0 Å². The molecule has 5 unspecified atom stereocenters. The van der Waals surface area contributed by atoms with E-state index in [2.05, 4.69) is 5.32 Å². The molecule has 2 aromatic rings. The molecule has 3 rings (SSSR count). The maximum atomic E-state index is 13.2. The smallest absolute Gasteiger partial charge is 0.305 e. The van der Waals surface area contributed by atoms with Gasteiger partial charge in [0.1, 0.15) is 18.8 Å². The summed E-state index contributed by atoms with van der Waals surface area (Å²) in [6.07, 6.45) is -5.25. The minimum absolute atomic E-state index is 0.280. The van der Waals surface area contributed by atoms with Gasteiger partial charge in [-0.25, -0.2) is 0 Å². The number of amides is 1. The molecule has 36 heavy (non-hydrogen) atoms. The van der Waals surface area contributed by atoms with E-state index in [-0.39, 0.29) is 5.56 Å². The minimum Gasteiger partial charge on any atom is -0.463 e. The summed E-state index contributed by atoms with van der Waals surface area (Å²) in [4.78, 5) is 60.3. The van der Waals surface area contributed by atoms with Gasteiger partial charge >= 0.3 is 23.9 Å². The van der Waals surface area contributed by atoms with Gasteiger partial charge in [-0.2, -0.15) is 0 Å². The molecule has 1 aliphatic rings. The predicted octanol–water partition coefficient (Wildman–Crippen LogP) is 1.65. The Hall–Kier alpha value is -3.99. The van der Waals surface area contributed by atoms with Crippen LogP contribution in [0.3, 0.4) is 0 Å². The molecule has 0 aromatic heterocycles. The van der Waals surface area contributed by atoms with E-state index in [1.54, 1.807) is 18.2 Å². The van der Waals surface area contributed by atoms with Gasteiger partial charge in [0.2, 0.25) is 6.29 Å². The molecular formula is C25H27NO10. The maximum Gasteiger partial charge on any atom is 0.305 e. The average molecular weight is 501 g/mol. The molecule has 0 radical (unpaired) electrons. The highest BCUT2D eigenvalue weighted by atomic mass is 16.7. The number of hydrogen-bond donors (Lipinski definition) is 1. The number of rotatable bonds is 7. The van der Waals surface area contributed by atoms with Crippen LogP contribution in [-0.2, 0) is 42.9 Å². The second kappa shape index (κ2) is 11.6. The molecule has 0 bridgehead atoms. The highest BCUT2D eigenvalue weighted by Gasteiger charge is 2.52. The first kappa shape index (κ1) is 26.6. The first-order chi connectivity index (χ1) is 17.0. The van der Waals surface area contributed by atoms with Crippen molar-refractivity contribution in [1.82, 2.24) is 5.32 Å².